The Morgan fingerprint density at radius 2 is 0.870 bits per heavy atom. The molecule has 268 valence electrons. The third-order valence-corrected chi connectivity index (χ3v) is 16.0. The molecule has 0 bridgehead atoms. The standard InChI is InChI=1S/C45H84P/c1-6-11-16-19-23-31-40-46(41-32-24-20-17-12-7-2,43-44-34-27-26-28-35-44)42-33-25-21-22-30-39-45(36-14-9-4,37-15-10-5)38-29-18-13-8-3/h8,26-28,34-35H,3,6-7,9-25,29-33,36-43H2,1-2,4-5H3/q+1. The molecule has 0 N–H and O–H groups in total. The summed E-state index contributed by atoms with van der Waals surface area (Å²) in [4.78, 5) is 0. The van der Waals surface area contributed by atoms with Crippen molar-refractivity contribution in [2.24, 2.45) is 5.41 Å². The maximum absolute atomic E-state index is 3.97. The summed E-state index contributed by atoms with van der Waals surface area (Å²) < 4.78 is 0. The lowest BCUT2D eigenvalue weighted by Gasteiger charge is -2.35. The first kappa shape index (κ1) is 43.4. The minimum absolute atomic E-state index is 0.623. The van der Waals surface area contributed by atoms with Crippen LogP contribution in [-0.4, -0.2) is 18.5 Å². The molecule has 0 atom stereocenters. The molecule has 0 amide bonds. The molecule has 0 unspecified atom stereocenters. The Kier molecular flexibility index (Phi) is 28.7. The van der Waals surface area contributed by atoms with Gasteiger partial charge in [0.05, 0.1) is 24.6 Å². The first-order valence-corrected chi connectivity index (χ1v) is 23.6. The summed E-state index contributed by atoms with van der Waals surface area (Å²) in [6, 6.07) is 11.7. The van der Waals surface area contributed by atoms with E-state index in [-0.39, 0.29) is 0 Å². The van der Waals surface area contributed by atoms with Gasteiger partial charge in [0.15, 0.2) is 0 Å². The smallest absolute Gasteiger partial charge is 0.0842 e. The monoisotopic (exact) mass is 656 g/mol. The van der Waals surface area contributed by atoms with Crippen molar-refractivity contribution in [1.29, 1.82) is 0 Å². The van der Waals surface area contributed by atoms with Crippen molar-refractivity contribution in [3.05, 3.63) is 48.6 Å². The molecular formula is C45H84P+. The first-order chi connectivity index (χ1) is 22.6. The van der Waals surface area contributed by atoms with Crippen molar-refractivity contribution < 1.29 is 0 Å². The second-order valence-corrected chi connectivity index (χ2v) is 19.8. The lowest BCUT2D eigenvalue weighted by molar-refractivity contribution is 0.175. The molecule has 0 radical (unpaired) electrons. The van der Waals surface area contributed by atoms with Crippen LogP contribution in [0.1, 0.15) is 213 Å². The first-order valence-electron chi connectivity index (χ1n) is 21.1. The molecule has 0 nitrogen and oxygen atoms in total. The van der Waals surface area contributed by atoms with E-state index in [0.29, 0.717) is 5.41 Å². The highest BCUT2D eigenvalue weighted by Gasteiger charge is 2.36. The summed E-state index contributed by atoms with van der Waals surface area (Å²) in [7, 11) is -0.962. The SMILES string of the molecule is C=CCCCCC(CCCC)(CCCC)CCCCCCC[P+](CCCCCCCC)(CCCCCCCC)Cc1ccccc1. The maximum atomic E-state index is 3.97. The Labute approximate surface area is 292 Å². The largest absolute Gasteiger partial charge is 0.103 e. The zero-order valence-electron chi connectivity index (χ0n) is 32.2. The molecule has 0 aliphatic rings. The average Bonchev–Trinajstić information content (AvgIpc) is 3.07. The Bertz CT molecular complexity index is 742. The van der Waals surface area contributed by atoms with Crippen molar-refractivity contribution in [3.63, 3.8) is 0 Å². The van der Waals surface area contributed by atoms with E-state index >= 15 is 0 Å². The van der Waals surface area contributed by atoms with Crippen LogP contribution in [0.3, 0.4) is 0 Å². The fourth-order valence-electron chi connectivity index (χ4n) is 8.12. The van der Waals surface area contributed by atoms with Gasteiger partial charge in [-0.2, -0.15) is 0 Å². The van der Waals surface area contributed by atoms with Gasteiger partial charge >= 0.3 is 0 Å². The van der Waals surface area contributed by atoms with Gasteiger partial charge < -0.3 is 0 Å². The van der Waals surface area contributed by atoms with Crippen LogP contribution in [0.5, 0.6) is 0 Å². The highest BCUT2D eigenvalue weighted by molar-refractivity contribution is 7.75. The van der Waals surface area contributed by atoms with Gasteiger partial charge in [0, 0.05) is 7.26 Å². The summed E-state index contributed by atoms with van der Waals surface area (Å²) in [5, 5.41) is 0. The molecule has 46 heavy (non-hydrogen) atoms. The number of unbranched alkanes of at least 4 members (excludes halogenated alkanes) is 18. The molecule has 1 aromatic carbocycles. The molecule has 0 saturated carbocycles. The second-order valence-electron chi connectivity index (χ2n) is 15.5. The molecule has 0 fully saturated rings. The lowest BCUT2D eigenvalue weighted by Crippen LogP contribution is -2.21. The van der Waals surface area contributed by atoms with Gasteiger partial charge in [0.2, 0.25) is 0 Å². The molecular weight excluding hydrogens is 571 g/mol. The van der Waals surface area contributed by atoms with Gasteiger partial charge in [-0.15, -0.1) is 6.58 Å². The summed E-state index contributed by atoms with van der Waals surface area (Å²) in [6.45, 7) is 13.4. The van der Waals surface area contributed by atoms with Crippen molar-refractivity contribution in [2.45, 2.75) is 214 Å². The van der Waals surface area contributed by atoms with Gasteiger partial charge in [-0.25, -0.2) is 0 Å². The van der Waals surface area contributed by atoms with E-state index in [4.69, 9.17) is 0 Å². The van der Waals surface area contributed by atoms with E-state index in [2.05, 4.69) is 70.7 Å². The molecule has 0 aliphatic heterocycles. The van der Waals surface area contributed by atoms with Gasteiger partial charge in [0.25, 0.3) is 0 Å². The lowest BCUT2D eigenvalue weighted by atomic mass is 9.71. The molecule has 0 heterocycles. The molecule has 0 saturated heterocycles. The maximum Gasteiger partial charge on any atom is 0.0842 e. The summed E-state index contributed by atoms with van der Waals surface area (Å²) in [5.41, 5.74) is 2.26. The molecule has 1 rings (SSSR count). The summed E-state index contributed by atoms with van der Waals surface area (Å²) in [6.07, 6.45) is 48.3. The van der Waals surface area contributed by atoms with E-state index in [1.807, 2.05) is 0 Å². The Morgan fingerprint density at radius 3 is 1.33 bits per heavy atom. The van der Waals surface area contributed by atoms with Crippen LogP contribution in [0.15, 0.2) is 43.0 Å². The van der Waals surface area contributed by atoms with Crippen LogP contribution in [-0.2, 0) is 6.16 Å². The van der Waals surface area contributed by atoms with Crippen LogP contribution in [0.25, 0.3) is 0 Å². The van der Waals surface area contributed by atoms with E-state index in [9.17, 15) is 0 Å². The van der Waals surface area contributed by atoms with Gasteiger partial charge in [0.1, 0.15) is 0 Å². The van der Waals surface area contributed by atoms with Gasteiger partial charge in [-0.1, -0.05) is 167 Å². The van der Waals surface area contributed by atoms with Crippen LogP contribution in [0.2, 0.25) is 0 Å². The molecule has 0 aromatic heterocycles. The Morgan fingerprint density at radius 1 is 0.478 bits per heavy atom. The van der Waals surface area contributed by atoms with Crippen molar-refractivity contribution in [3.8, 4) is 0 Å². The van der Waals surface area contributed by atoms with Crippen LogP contribution in [0, 0.1) is 5.41 Å². The minimum Gasteiger partial charge on any atom is -0.103 e. The summed E-state index contributed by atoms with van der Waals surface area (Å²) in [5.74, 6) is 0. The van der Waals surface area contributed by atoms with Crippen LogP contribution in [0.4, 0.5) is 0 Å². The number of rotatable bonds is 35. The molecule has 0 aliphatic carbocycles. The fraction of sp³-hybridized carbons (Fsp3) is 0.822. The predicted molar refractivity (Wildman–Crippen MR) is 216 cm³/mol. The van der Waals surface area contributed by atoms with Gasteiger partial charge in [-0.05, 0) is 88.0 Å². The van der Waals surface area contributed by atoms with Crippen molar-refractivity contribution >= 4 is 7.26 Å². The zero-order chi connectivity index (χ0) is 33.4. The Hall–Kier alpha value is -0.610. The normalized spacial score (nSPS) is 12.2. The van der Waals surface area contributed by atoms with E-state index in [0.717, 1.165) is 0 Å². The van der Waals surface area contributed by atoms with E-state index < -0.39 is 7.26 Å². The fourth-order valence-corrected chi connectivity index (χ4v) is 12.9. The third kappa shape index (κ3) is 22.1. The topological polar surface area (TPSA) is 0 Å². The van der Waals surface area contributed by atoms with Crippen molar-refractivity contribution in [2.75, 3.05) is 18.5 Å². The highest BCUT2D eigenvalue weighted by atomic mass is 31.2. The van der Waals surface area contributed by atoms with Crippen LogP contribution < -0.4 is 0 Å². The number of benzene rings is 1. The van der Waals surface area contributed by atoms with Gasteiger partial charge in [-0.3, -0.25) is 0 Å². The minimum atomic E-state index is -0.962. The van der Waals surface area contributed by atoms with E-state index in [1.165, 1.54) is 186 Å². The van der Waals surface area contributed by atoms with E-state index in [1.54, 1.807) is 24.0 Å². The molecule has 1 heteroatoms. The number of allylic oxidation sites excluding steroid dienone is 1. The third-order valence-electron chi connectivity index (χ3n) is 11.2. The average molecular weight is 656 g/mol. The number of hydrogen-bond donors (Lipinski definition) is 0. The molecule has 1 aromatic rings. The number of hydrogen-bond acceptors (Lipinski definition) is 0. The Balaban J connectivity index is 2.77. The van der Waals surface area contributed by atoms with Crippen molar-refractivity contribution in [1.82, 2.24) is 0 Å². The zero-order valence-corrected chi connectivity index (χ0v) is 33.1. The second kappa shape index (κ2) is 30.4. The highest BCUT2D eigenvalue weighted by Crippen LogP contribution is 2.63. The molecule has 0 spiro atoms. The quantitative estimate of drug-likeness (QED) is 0.0388. The summed E-state index contributed by atoms with van der Waals surface area (Å²) >= 11 is 0. The van der Waals surface area contributed by atoms with Crippen LogP contribution >= 0.6 is 7.26 Å². The predicted octanol–water partition coefficient (Wildman–Crippen LogP) is 16.4.